The zero-order chi connectivity index (χ0) is 69.0. The predicted octanol–water partition coefficient (Wildman–Crippen LogP) is -1.81. The van der Waals surface area contributed by atoms with Gasteiger partial charge in [-0.3, -0.25) is 38.5 Å². The minimum Gasteiger partial charge on any atom is -0.479 e. The van der Waals surface area contributed by atoms with Crippen LogP contribution in [-0.2, 0) is 93.9 Å². The van der Waals surface area contributed by atoms with Crippen molar-refractivity contribution in [2.45, 2.75) is 158 Å². The third kappa shape index (κ3) is 13.5. The molecule has 7 heterocycles. The number of nitrogens with zero attached hydrogens (tertiary/aromatic N) is 3. The highest BCUT2D eigenvalue weighted by Crippen LogP contribution is 2.46. The molecule has 0 radical (unpaired) electrons. The molecule has 2 fully saturated rings. The summed E-state index contributed by atoms with van der Waals surface area (Å²) in [5.74, 6) is -10.9. The number of carboxylic acids is 2. The van der Waals surface area contributed by atoms with Gasteiger partial charge in [0.25, 0.3) is 17.4 Å². The molecule has 7 amide bonds. The molecule has 2 aromatic carbocycles. The summed E-state index contributed by atoms with van der Waals surface area (Å²) in [6, 6.07) is 4.07. The van der Waals surface area contributed by atoms with Gasteiger partial charge in [0.1, 0.15) is 83.0 Å². The number of fused-ring (bicyclic) bond motifs is 5. The maximum absolute atomic E-state index is 15.6. The Morgan fingerprint density at radius 1 is 0.821 bits per heavy atom. The van der Waals surface area contributed by atoms with E-state index in [0.717, 1.165) is 0 Å². The molecule has 33 nitrogen and oxygen atoms in total. The molecule has 14 N–H and O–H groups in total. The summed E-state index contributed by atoms with van der Waals surface area (Å²) in [5.41, 5.74) is -0.0734. The molecule has 4 aromatic rings. The number of aliphatic hydroxyl groups is 7. The van der Waals surface area contributed by atoms with Crippen LogP contribution >= 0.6 is 31.9 Å². The molecule has 2 saturated heterocycles. The van der Waals surface area contributed by atoms with Gasteiger partial charge in [-0.15, -0.1) is 0 Å². The highest BCUT2D eigenvalue weighted by molar-refractivity contribution is 9.14. The number of alkyl carbamates (subject to hydrolysis) is 1. The summed E-state index contributed by atoms with van der Waals surface area (Å²) >= 11 is 5.90. The van der Waals surface area contributed by atoms with E-state index in [2.05, 4.69) is 58.4 Å². The number of ether oxygens (including phenoxy) is 5. The summed E-state index contributed by atoms with van der Waals surface area (Å²) in [6.07, 6.45) is -22.7. The largest absolute Gasteiger partial charge is 0.479 e. The maximum Gasteiger partial charge on any atom is 0.407 e. The smallest absolute Gasteiger partial charge is 0.407 e. The van der Waals surface area contributed by atoms with Gasteiger partial charge >= 0.3 is 24.0 Å². The fraction of sp³-hybridized carbons (Fsp3) is 0.458. The molecule has 95 heavy (non-hydrogen) atoms. The molecule has 36 heteroatoms. The average Bonchev–Trinajstić information content (AvgIpc) is 1.61. The van der Waals surface area contributed by atoms with Crippen LogP contribution in [0.15, 0.2) is 44.1 Å². The van der Waals surface area contributed by atoms with Crippen LogP contribution in [-0.4, -0.2) is 200 Å². The molecule has 6 aliphatic rings. The van der Waals surface area contributed by atoms with Crippen molar-refractivity contribution in [1.29, 1.82) is 0 Å². The first-order valence-corrected chi connectivity index (χ1v) is 31.0. The van der Waals surface area contributed by atoms with E-state index in [1.54, 1.807) is 13.8 Å². The number of halogens is 3. The maximum atomic E-state index is 15.6. The lowest BCUT2D eigenvalue weighted by molar-refractivity contribution is -0.271. The second-order valence-corrected chi connectivity index (χ2v) is 24.7. The van der Waals surface area contributed by atoms with E-state index in [1.165, 1.54) is 34.9 Å². The molecule has 0 spiro atoms. The second-order valence-electron chi connectivity index (χ2n) is 23.1. The molecular formula is C59H61Br2FN8O25. The number of aromatic nitrogens is 2. The zero-order valence-electron chi connectivity index (χ0n) is 49.8. The van der Waals surface area contributed by atoms with Crippen molar-refractivity contribution in [2.24, 2.45) is 0 Å². The SMILES string of the molecule is CC[C@@]1(O)C(=O)OCc2c1cc1n(c2=O)Cc2c-1nc1cc(F)c(C)c3c1c2[C@@H](NC(=O)OCc1ccc(O[C@@H]2O[C@H](C(=O)O)[C@@H](O)[C@H](O)[C@H]2O)c(NC(=O)CCNC(=O)[C@H](CCCC(=O)N[C@H]2O[C@H](C(=O)O)[C@@H](O)[C@H](O)[C@H]2O)NC(=O)CN2C(=O)C(Br)=C(Br)C2=O)c1)CC3. The first kappa shape index (κ1) is 69.4. The Labute approximate surface area is 550 Å². The van der Waals surface area contributed by atoms with Crippen LogP contribution in [0.25, 0.3) is 22.3 Å². The van der Waals surface area contributed by atoms with Crippen molar-refractivity contribution in [3.63, 3.8) is 0 Å². The summed E-state index contributed by atoms with van der Waals surface area (Å²) in [6.45, 7) is 0.747. The number of aryl methyl sites for hydroxylation is 1. The highest BCUT2D eigenvalue weighted by Gasteiger charge is 2.51. The molecular weight excluding hydrogens is 1400 g/mol. The van der Waals surface area contributed by atoms with Gasteiger partial charge in [-0.1, -0.05) is 13.0 Å². The third-order valence-electron chi connectivity index (χ3n) is 17.1. The van der Waals surface area contributed by atoms with Crippen molar-refractivity contribution in [3.05, 3.63) is 94.4 Å². The number of carbonyl (C=O) groups excluding carboxylic acids is 8. The monoisotopic (exact) mass is 1460 g/mol. The number of pyridine rings is 2. The molecule has 0 unspecified atom stereocenters. The summed E-state index contributed by atoms with van der Waals surface area (Å²) < 4.78 is 43.7. The normalized spacial score (nSPS) is 26.2. The Morgan fingerprint density at radius 2 is 1.49 bits per heavy atom. The minimum absolute atomic E-state index is 0.0488. The molecule has 5 aliphatic heterocycles. The van der Waals surface area contributed by atoms with Crippen molar-refractivity contribution < 1.29 is 122 Å². The lowest BCUT2D eigenvalue weighted by Gasteiger charge is -2.38. The predicted molar refractivity (Wildman–Crippen MR) is 321 cm³/mol. The van der Waals surface area contributed by atoms with Crippen LogP contribution in [0.3, 0.4) is 0 Å². The minimum atomic E-state index is -2.14. The number of nitrogens with one attached hydrogen (secondary N) is 5. The van der Waals surface area contributed by atoms with Crippen molar-refractivity contribution in [1.82, 2.24) is 35.7 Å². The lowest BCUT2D eigenvalue weighted by Crippen LogP contribution is -2.64. The number of hydrogen-bond acceptors (Lipinski definition) is 24. The number of aliphatic hydroxyl groups excluding tert-OH is 6. The number of carboxylic acid groups (broad SMARTS) is 2. The fourth-order valence-corrected chi connectivity index (χ4v) is 12.8. The number of anilines is 1. The summed E-state index contributed by atoms with van der Waals surface area (Å²) in [4.78, 5) is 149. The number of imide groups is 1. The standard InChI is InChI=1S/C59H61Br2FN8O25/c1-3-59(90)25-14-31-40-23(16-69(31)51(81)24(25)19-91-57(59)88)37-27(9-8-22-20(2)26(62)15-30(66-40)36(22)37)67-58(89)92-18-21-7-10-32(93-56-46(79)42(75)44(77)48(95-56)55(86)87)29(13-21)65-34(72)11-12-63-49(80)28(64-35(73)17-70-52(82)38(60)39(61)53(70)83)5-4-6-33(71)68-50-45(78)41(74)43(76)47(94-50)54(84)85/h7,10,13-15,27-28,41-48,50,56,74-79,90H,3-6,8-9,11-12,16-19H2,1-2H3,(H,63,80)(H,64,73)(H,65,72)(H,67,89)(H,68,71)(H,84,85)(H,86,87)/t27-,28-,41-,42-,43-,44-,45+,46+,47-,48-,50-,56+,59-/m0/s1. The first-order chi connectivity index (χ1) is 44.9. The third-order valence-corrected chi connectivity index (χ3v) is 19.1. The van der Waals surface area contributed by atoms with Crippen LogP contribution in [0, 0.1) is 12.7 Å². The van der Waals surface area contributed by atoms with E-state index in [1.807, 2.05) is 0 Å². The van der Waals surface area contributed by atoms with Crippen LogP contribution in [0.2, 0.25) is 0 Å². The van der Waals surface area contributed by atoms with Gasteiger partial charge in [-0.25, -0.2) is 28.6 Å². The number of amides is 7. The van der Waals surface area contributed by atoms with Crippen molar-refractivity contribution in [2.75, 3.05) is 18.4 Å². The van der Waals surface area contributed by atoms with E-state index >= 15 is 4.39 Å². The van der Waals surface area contributed by atoms with E-state index < -0.39 is 189 Å². The van der Waals surface area contributed by atoms with Crippen LogP contribution < -0.4 is 36.9 Å². The molecule has 508 valence electrons. The topological polar surface area (TPSA) is 497 Å². The quantitative estimate of drug-likeness (QED) is 0.0284. The van der Waals surface area contributed by atoms with Crippen molar-refractivity contribution in [3.8, 4) is 17.1 Å². The first-order valence-electron chi connectivity index (χ1n) is 29.4. The zero-order valence-corrected chi connectivity index (χ0v) is 53.0. The Balaban J connectivity index is 0.844. The molecule has 1 aliphatic carbocycles. The number of esters is 1. The van der Waals surface area contributed by atoms with E-state index in [-0.39, 0.29) is 92.6 Å². The average molecular weight is 1460 g/mol. The molecule has 10 rings (SSSR count). The second kappa shape index (κ2) is 27.7. The highest BCUT2D eigenvalue weighted by atomic mass is 79.9. The molecule has 0 bridgehead atoms. The lowest BCUT2D eigenvalue weighted by atomic mass is 9.81. The summed E-state index contributed by atoms with van der Waals surface area (Å²) in [7, 11) is 0. The molecule has 0 saturated carbocycles. The van der Waals surface area contributed by atoms with Gasteiger partial charge in [0.05, 0.1) is 40.7 Å². The summed E-state index contributed by atoms with van der Waals surface area (Å²) in [5, 5.41) is 106. The number of rotatable bonds is 21. The van der Waals surface area contributed by atoms with Gasteiger partial charge in [0, 0.05) is 42.0 Å². The fourth-order valence-electron chi connectivity index (χ4n) is 12.0. The number of aliphatic carboxylic acids is 2. The van der Waals surface area contributed by atoms with Gasteiger partial charge in [0.2, 0.25) is 29.9 Å². The van der Waals surface area contributed by atoms with Gasteiger partial charge in [0.15, 0.2) is 24.0 Å². The van der Waals surface area contributed by atoms with E-state index in [4.69, 9.17) is 28.7 Å². The molecule has 13 atom stereocenters. The Bertz CT molecular complexity index is 3980. The Hall–Kier alpha value is -8.43. The number of benzene rings is 2. The van der Waals surface area contributed by atoms with E-state index in [0.29, 0.717) is 32.5 Å². The van der Waals surface area contributed by atoms with Crippen LogP contribution in [0.5, 0.6) is 5.75 Å². The number of cyclic esters (lactones) is 1. The van der Waals surface area contributed by atoms with Crippen LogP contribution in [0.1, 0.15) is 90.4 Å². The van der Waals surface area contributed by atoms with E-state index in [9.17, 15) is 98.7 Å². The van der Waals surface area contributed by atoms with Gasteiger partial charge in [-0.05, 0) is 111 Å². The number of hydrogen-bond donors (Lipinski definition) is 14. The Morgan fingerprint density at radius 3 is 2.17 bits per heavy atom. The molecule has 2 aromatic heterocycles. The Kier molecular flexibility index (Phi) is 20.3. The van der Waals surface area contributed by atoms with Gasteiger partial charge in [-0.2, -0.15) is 0 Å². The number of carbonyl (C=O) groups is 10. The van der Waals surface area contributed by atoms with Crippen molar-refractivity contribution >= 4 is 108 Å². The van der Waals surface area contributed by atoms with Crippen LogP contribution in [0.4, 0.5) is 14.9 Å². The van der Waals surface area contributed by atoms with Gasteiger partial charge < -0.3 is 101 Å².